The molecule has 0 aromatic heterocycles. The summed E-state index contributed by atoms with van der Waals surface area (Å²) in [6.07, 6.45) is 0. The van der Waals surface area contributed by atoms with Gasteiger partial charge in [-0.15, -0.1) is 11.6 Å². The first kappa shape index (κ1) is 15.3. The maximum atomic E-state index is 13.1. The van der Waals surface area contributed by atoms with Crippen molar-refractivity contribution in [3.63, 3.8) is 0 Å². The SMILES string of the molecule is O=S(=O)(CC(Cl)c1ccccc1)c1ccc(F)c(Cl)c1. The molecule has 0 spiro atoms. The molecule has 2 nitrogen and oxygen atoms in total. The smallest absolute Gasteiger partial charge is 0.180 e. The number of alkyl halides is 1. The van der Waals surface area contributed by atoms with Gasteiger partial charge < -0.3 is 0 Å². The van der Waals surface area contributed by atoms with E-state index in [9.17, 15) is 12.8 Å². The lowest BCUT2D eigenvalue weighted by Crippen LogP contribution is -2.11. The average molecular weight is 333 g/mol. The molecule has 0 N–H and O–H groups in total. The molecule has 0 fully saturated rings. The van der Waals surface area contributed by atoms with E-state index < -0.39 is 21.0 Å². The highest BCUT2D eigenvalue weighted by molar-refractivity contribution is 7.91. The van der Waals surface area contributed by atoms with Crippen molar-refractivity contribution in [2.45, 2.75) is 10.3 Å². The molecule has 2 aromatic rings. The molecular formula is C14H11Cl2FO2S. The molecule has 0 saturated carbocycles. The first-order chi connectivity index (χ1) is 9.40. The second kappa shape index (κ2) is 6.12. The van der Waals surface area contributed by atoms with Crippen molar-refractivity contribution < 1.29 is 12.8 Å². The van der Waals surface area contributed by atoms with Crippen LogP contribution in [0.15, 0.2) is 53.4 Å². The quantitative estimate of drug-likeness (QED) is 0.620. The number of hydrogen-bond acceptors (Lipinski definition) is 2. The fraction of sp³-hybridized carbons (Fsp3) is 0.143. The van der Waals surface area contributed by atoms with Crippen LogP contribution in [0.1, 0.15) is 10.9 Å². The van der Waals surface area contributed by atoms with E-state index in [-0.39, 0.29) is 15.7 Å². The molecule has 20 heavy (non-hydrogen) atoms. The normalized spacial score (nSPS) is 13.2. The van der Waals surface area contributed by atoms with Crippen LogP contribution in [0.4, 0.5) is 4.39 Å². The highest BCUT2D eigenvalue weighted by Gasteiger charge is 2.21. The van der Waals surface area contributed by atoms with Gasteiger partial charge >= 0.3 is 0 Å². The van der Waals surface area contributed by atoms with Gasteiger partial charge in [-0.25, -0.2) is 12.8 Å². The molecule has 0 aliphatic carbocycles. The summed E-state index contributed by atoms with van der Waals surface area (Å²) >= 11 is 11.7. The molecule has 0 radical (unpaired) electrons. The lowest BCUT2D eigenvalue weighted by Gasteiger charge is -2.11. The Hall–Kier alpha value is -1.10. The van der Waals surface area contributed by atoms with Crippen LogP contribution in [0.3, 0.4) is 0 Å². The number of sulfone groups is 1. The highest BCUT2D eigenvalue weighted by Crippen LogP contribution is 2.27. The Morgan fingerprint density at radius 2 is 1.75 bits per heavy atom. The summed E-state index contributed by atoms with van der Waals surface area (Å²) < 4.78 is 37.5. The Kier molecular flexibility index (Phi) is 4.68. The van der Waals surface area contributed by atoms with Crippen LogP contribution in [0.25, 0.3) is 0 Å². The number of benzene rings is 2. The maximum absolute atomic E-state index is 13.1. The van der Waals surface area contributed by atoms with E-state index in [1.165, 1.54) is 6.07 Å². The molecule has 2 aromatic carbocycles. The van der Waals surface area contributed by atoms with Crippen molar-refractivity contribution in [3.05, 3.63) is 64.9 Å². The van der Waals surface area contributed by atoms with Crippen LogP contribution in [0.2, 0.25) is 5.02 Å². The van der Waals surface area contributed by atoms with E-state index >= 15 is 0 Å². The van der Waals surface area contributed by atoms with Crippen LogP contribution in [0.5, 0.6) is 0 Å². The van der Waals surface area contributed by atoms with Crippen LogP contribution in [-0.4, -0.2) is 14.2 Å². The van der Waals surface area contributed by atoms with Crippen molar-refractivity contribution in [1.82, 2.24) is 0 Å². The lowest BCUT2D eigenvalue weighted by molar-refractivity contribution is 0.593. The highest BCUT2D eigenvalue weighted by atomic mass is 35.5. The minimum absolute atomic E-state index is 0.0366. The summed E-state index contributed by atoms with van der Waals surface area (Å²) in [6, 6.07) is 12.2. The van der Waals surface area contributed by atoms with Crippen molar-refractivity contribution in [2.75, 3.05) is 5.75 Å². The summed E-state index contributed by atoms with van der Waals surface area (Å²) in [5.41, 5.74) is 0.714. The van der Waals surface area contributed by atoms with Crippen LogP contribution >= 0.6 is 23.2 Å². The van der Waals surface area contributed by atoms with Crippen LogP contribution < -0.4 is 0 Å². The van der Waals surface area contributed by atoms with E-state index in [1.807, 2.05) is 6.07 Å². The molecule has 2 rings (SSSR count). The van der Waals surface area contributed by atoms with Crippen molar-refractivity contribution in [3.8, 4) is 0 Å². The summed E-state index contributed by atoms with van der Waals surface area (Å²) in [6.45, 7) is 0. The molecular weight excluding hydrogens is 322 g/mol. The average Bonchev–Trinajstić information content (AvgIpc) is 2.42. The van der Waals surface area contributed by atoms with Gasteiger partial charge in [-0.05, 0) is 23.8 Å². The van der Waals surface area contributed by atoms with Crippen LogP contribution in [0, 0.1) is 5.82 Å². The second-order valence-electron chi connectivity index (χ2n) is 4.24. The van der Waals surface area contributed by atoms with E-state index in [0.717, 1.165) is 12.1 Å². The third-order valence-electron chi connectivity index (χ3n) is 2.78. The Morgan fingerprint density at radius 3 is 2.35 bits per heavy atom. The Bertz CT molecular complexity index is 702. The van der Waals surface area contributed by atoms with Gasteiger partial charge in [0.25, 0.3) is 0 Å². The fourth-order valence-corrected chi connectivity index (χ4v) is 3.95. The van der Waals surface area contributed by atoms with Gasteiger partial charge in [0.05, 0.1) is 21.0 Å². The lowest BCUT2D eigenvalue weighted by atomic mass is 10.2. The molecule has 0 heterocycles. The molecule has 0 saturated heterocycles. The molecule has 1 unspecified atom stereocenters. The van der Waals surface area contributed by atoms with Crippen molar-refractivity contribution in [2.24, 2.45) is 0 Å². The van der Waals surface area contributed by atoms with Gasteiger partial charge in [-0.2, -0.15) is 0 Å². The summed E-state index contributed by atoms with van der Waals surface area (Å²) in [4.78, 5) is -0.0366. The monoisotopic (exact) mass is 332 g/mol. The zero-order valence-electron chi connectivity index (χ0n) is 10.3. The predicted molar refractivity (Wildman–Crippen MR) is 78.5 cm³/mol. The minimum atomic E-state index is -3.63. The van der Waals surface area contributed by atoms with Gasteiger partial charge in [-0.3, -0.25) is 0 Å². The predicted octanol–water partition coefficient (Wildman–Crippen LogP) is 4.23. The molecule has 0 aliphatic rings. The summed E-state index contributed by atoms with van der Waals surface area (Å²) in [5, 5.41) is -0.901. The molecule has 0 aliphatic heterocycles. The van der Waals surface area contributed by atoms with Gasteiger partial charge in [-0.1, -0.05) is 41.9 Å². The fourth-order valence-electron chi connectivity index (χ4n) is 1.72. The molecule has 106 valence electrons. The zero-order valence-corrected chi connectivity index (χ0v) is 12.6. The minimum Gasteiger partial charge on any atom is -0.224 e. The van der Waals surface area contributed by atoms with Gasteiger partial charge in [0, 0.05) is 0 Å². The van der Waals surface area contributed by atoms with Gasteiger partial charge in [0.2, 0.25) is 0 Å². The van der Waals surface area contributed by atoms with E-state index in [0.29, 0.717) is 5.56 Å². The second-order valence-corrected chi connectivity index (χ2v) is 7.20. The molecule has 0 amide bonds. The Balaban J connectivity index is 2.25. The largest absolute Gasteiger partial charge is 0.224 e. The van der Waals surface area contributed by atoms with Gasteiger partial charge in [0.1, 0.15) is 5.82 Å². The Morgan fingerprint density at radius 1 is 1.10 bits per heavy atom. The number of rotatable bonds is 4. The van der Waals surface area contributed by atoms with Crippen LogP contribution in [-0.2, 0) is 9.84 Å². The topological polar surface area (TPSA) is 34.1 Å². The summed E-state index contributed by atoms with van der Waals surface area (Å²) in [7, 11) is -3.63. The third-order valence-corrected chi connectivity index (χ3v) is 5.40. The van der Waals surface area contributed by atoms with E-state index in [2.05, 4.69) is 0 Å². The van der Waals surface area contributed by atoms with E-state index in [1.54, 1.807) is 24.3 Å². The number of hydrogen-bond donors (Lipinski definition) is 0. The number of halogens is 3. The standard InChI is InChI=1S/C14H11Cl2FO2S/c15-12-8-11(6-7-14(12)17)20(18,19)9-13(16)10-4-2-1-3-5-10/h1-8,13H,9H2. The molecule has 0 bridgehead atoms. The zero-order chi connectivity index (χ0) is 14.8. The van der Waals surface area contributed by atoms with Gasteiger partial charge in [0.15, 0.2) is 9.84 Å². The van der Waals surface area contributed by atoms with Crippen molar-refractivity contribution >= 4 is 33.0 Å². The first-order valence-electron chi connectivity index (χ1n) is 5.77. The van der Waals surface area contributed by atoms with Crippen molar-refractivity contribution in [1.29, 1.82) is 0 Å². The molecule has 1 atom stereocenters. The maximum Gasteiger partial charge on any atom is 0.180 e. The first-order valence-corrected chi connectivity index (χ1v) is 8.23. The summed E-state index contributed by atoms with van der Waals surface area (Å²) in [5.74, 6) is -0.934. The molecule has 6 heteroatoms. The Labute approximate surface area is 127 Å². The van der Waals surface area contributed by atoms with E-state index in [4.69, 9.17) is 23.2 Å². The third kappa shape index (κ3) is 3.51.